The highest BCUT2D eigenvalue weighted by atomic mass is 35.5. The van der Waals surface area contributed by atoms with Crippen LogP contribution in [0, 0.1) is 0 Å². The molecule has 3 nitrogen and oxygen atoms in total. The van der Waals surface area contributed by atoms with Gasteiger partial charge in [-0.15, -0.1) is 0 Å². The first-order valence-corrected chi connectivity index (χ1v) is 6.90. The van der Waals surface area contributed by atoms with Gasteiger partial charge in [0.1, 0.15) is 5.82 Å². The van der Waals surface area contributed by atoms with Gasteiger partial charge in [0, 0.05) is 17.4 Å². The van der Waals surface area contributed by atoms with Crippen LogP contribution in [0.5, 0.6) is 0 Å². The molecule has 0 spiro atoms. The minimum absolute atomic E-state index is 0.736. The Labute approximate surface area is 119 Å². The van der Waals surface area contributed by atoms with Gasteiger partial charge in [0.15, 0.2) is 5.13 Å². The summed E-state index contributed by atoms with van der Waals surface area (Å²) >= 11 is 7.46. The molecule has 0 aliphatic heterocycles. The second-order valence-electron chi connectivity index (χ2n) is 3.88. The molecule has 0 unspecified atom stereocenters. The summed E-state index contributed by atoms with van der Waals surface area (Å²) in [6, 6.07) is 13.4. The number of pyridine rings is 1. The molecule has 5 heteroatoms. The normalized spacial score (nSPS) is 10.4. The molecule has 0 atom stereocenters. The van der Waals surface area contributed by atoms with Gasteiger partial charge in [-0.25, -0.2) is 9.97 Å². The first-order chi connectivity index (χ1) is 9.31. The van der Waals surface area contributed by atoms with Crippen LogP contribution in [0.3, 0.4) is 0 Å². The second-order valence-corrected chi connectivity index (χ2v) is 5.34. The lowest BCUT2D eigenvalue weighted by atomic mass is 10.2. The minimum atomic E-state index is 0.736. The Hall–Kier alpha value is -1.91. The number of rotatable bonds is 3. The van der Waals surface area contributed by atoms with Crippen LogP contribution in [0.2, 0.25) is 5.02 Å². The standard InChI is InChI=1S/C14H10ClN3S/c15-11-6-4-10(5-7-11)12-9-17-14(19-12)18-13-3-1-2-8-16-13/h1-9H,(H,16,17,18). The molecule has 0 radical (unpaired) electrons. The van der Waals surface area contributed by atoms with E-state index >= 15 is 0 Å². The molecular weight excluding hydrogens is 278 g/mol. The number of anilines is 2. The topological polar surface area (TPSA) is 37.8 Å². The van der Waals surface area contributed by atoms with E-state index in [1.165, 1.54) is 0 Å². The summed E-state index contributed by atoms with van der Waals surface area (Å²) in [6.07, 6.45) is 3.59. The molecule has 94 valence electrons. The lowest BCUT2D eigenvalue weighted by Crippen LogP contribution is -1.90. The average Bonchev–Trinajstić information content (AvgIpc) is 2.89. The maximum absolute atomic E-state index is 5.88. The number of nitrogens with zero attached hydrogens (tertiary/aromatic N) is 2. The van der Waals surface area contributed by atoms with E-state index < -0.39 is 0 Å². The van der Waals surface area contributed by atoms with Crippen molar-refractivity contribution < 1.29 is 0 Å². The van der Waals surface area contributed by atoms with Gasteiger partial charge in [0.25, 0.3) is 0 Å². The van der Waals surface area contributed by atoms with Crippen molar-refractivity contribution in [2.75, 3.05) is 5.32 Å². The third kappa shape index (κ3) is 2.92. The fourth-order valence-corrected chi connectivity index (χ4v) is 2.58. The number of halogens is 1. The molecule has 0 aliphatic carbocycles. The highest BCUT2D eigenvalue weighted by Crippen LogP contribution is 2.30. The third-order valence-corrected chi connectivity index (χ3v) is 3.75. The fraction of sp³-hybridized carbons (Fsp3) is 0. The van der Waals surface area contributed by atoms with Gasteiger partial charge in [-0.1, -0.05) is 41.1 Å². The van der Waals surface area contributed by atoms with E-state index in [0.29, 0.717) is 0 Å². The summed E-state index contributed by atoms with van der Waals surface area (Å²) in [5, 5.41) is 4.73. The lowest BCUT2D eigenvalue weighted by molar-refractivity contribution is 1.29. The number of hydrogen-bond donors (Lipinski definition) is 1. The van der Waals surface area contributed by atoms with Gasteiger partial charge in [-0.05, 0) is 29.8 Å². The average molecular weight is 288 g/mol. The summed E-state index contributed by atoms with van der Waals surface area (Å²) in [5.74, 6) is 0.791. The fourth-order valence-electron chi connectivity index (χ4n) is 1.63. The van der Waals surface area contributed by atoms with Crippen LogP contribution in [-0.2, 0) is 0 Å². The summed E-state index contributed by atoms with van der Waals surface area (Å²) in [6.45, 7) is 0. The number of thiazole rings is 1. The maximum atomic E-state index is 5.88. The lowest BCUT2D eigenvalue weighted by Gasteiger charge is -1.99. The molecule has 3 rings (SSSR count). The molecule has 1 aromatic carbocycles. The Balaban J connectivity index is 1.82. The highest BCUT2D eigenvalue weighted by Gasteiger charge is 2.05. The molecule has 0 fully saturated rings. The van der Waals surface area contributed by atoms with Crippen molar-refractivity contribution in [1.82, 2.24) is 9.97 Å². The van der Waals surface area contributed by atoms with E-state index in [-0.39, 0.29) is 0 Å². The number of aromatic nitrogens is 2. The number of benzene rings is 1. The first-order valence-electron chi connectivity index (χ1n) is 5.71. The zero-order valence-corrected chi connectivity index (χ0v) is 11.4. The molecular formula is C14H10ClN3S. The first kappa shape index (κ1) is 12.1. The Morgan fingerprint density at radius 3 is 2.58 bits per heavy atom. The zero-order valence-electron chi connectivity index (χ0n) is 9.88. The smallest absolute Gasteiger partial charge is 0.188 e. The van der Waals surface area contributed by atoms with Gasteiger partial charge in [-0.2, -0.15) is 0 Å². The minimum Gasteiger partial charge on any atom is -0.316 e. The predicted octanol–water partition coefficient (Wildman–Crippen LogP) is 4.60. The Morgan fingerprint density at radius 2 is 1.84 bits per heavy atom. The molecule has 19 heavy (non-hydrogen) atoms. The highest BCUT2D eigenvalue weighted by molar-refractivity contribution is 7.18. The van der Waals surface area contributed by atoms with Crippen molar-refractivity contribution in [3.05, 3.63) is 59.9 Å². The van der Waals surface area contributed by atoms with E-state index in [0.717, 1.165) is 26.4 Å². The van der Waals surface area contributed by atoms with Gasteiger partial charge in [0.05, 0.1) is 4.88 Å². The van der Waals surface area contributed by atoms with Crippen molar-refractivity contribution in [2.24, 2.45) is 0 Å². The molecule has 1 N–H and O–H groups in total. The van der Waals surface area contributed by atoms with Crippen molar-refractivity contribution in [3.8, 4) is 10.4 Å². The molecule has 3 aromatic rings. The number of hydrogen-bond acceptors (Lipinski definition) is 4. The Kier molecular flexibility index (Phi) is 3.44. The van der Waals surface area contributed by atoms with E-state index in [4.69, 9.17) is 11.6 Å². The van der Waals surface area contributed by atoms with Gasteiger partial charge < -0.3 is 5.32 Å². The van der Waals surface area contributed by atoms with E-state index in [2.05, 4.69) is 15.3 Å². The van der Waals surface area contributed by atoms with Crippen molar-refractivity contribution in [3.63, 3.8) is 0 Å². The maximum Gasteiger partial charge on any atom is 0.188 e. The Morgan fingerprint density at radius 1 is 1.00 bits per heavy atom. The van der Waals surface area contributed by atoms with Crippen LogP contribution in [0.15, 0.2) is 54.9 Å². The molecule has 0 aliphatic rings. The van der Waals surface area contributed by atoms with E-state index in [1.807, 2.05) is 48.7 Å². The summed E-state index contributed by atoms with van der Waals surface area (Å²) in [4.78, 5) is 9.64. The largest absolute Gasteiger partial charge is 0.316 e. The van der Waals surface area contributed by atoms with E-state index in [1.54, 1.807) is 17.5 Å². The second kappa shape index (κ2) is 5.38. The van der Waals surface area contributed by atoms with Crippen LogP contribution in [0.25, 0.3) is 10.4 Å². The van der Waals surface area contributed by atoms with Gasteiger partial charge in [-0.3, -0.25) is 0 Å². The van der Waals surface area contributed by atoms with Crippen LogP contribution in [0.4, 0.5) is 10.9 Å². The zero-order chi connectivity index (χ0) is 13.1. The molecule has 2 heterocycles. The van der Waals surface area contributed by atoms with Gasteiger partial charge in [0.2, 0.25) is 0 Å². The van der Waals surface area contributed by atoms with Crippen LogP contribution < -0.4 is 5.32 Å². The summed E-state index contributed by atoms with van der Waals surface area (Å²) in [7, 11) is 0. The number of nitrogens with one attached hydrogen (secondary N) is 1. The quantitative estimate of drug-likeness (QED) is 0.765. The summed E-state index contributed by atoms with van der Waals surface area (Å²) in [5.41, 5.74) is 1.11. The molecule has 0 amide bonds. The molecule has 0 bridgehead atoms. The van der Waals surface area contributed by atoms with Crippen LogP contribution in [-0.4, -0.2) is 9.97 Å². The van der Waals surface area contributed by atoms with Crippen molar-refractivity contribution in [2.45, 2.75) is 0 Å². The van der Waals surface area contributed by atoms with Gasteiger partial charge >= 0.3 is 0 Å². The van der Waals surface area contributed by atoms with E-state index in [9.17, 15) is 0 Å². The third-order valence-electron chi connectivity index (χ3n) is 2.53. The SMILES string of the molecule is Clc1ccc(-c2cnc(Nc3ccccn3)s2)cc1. The molecule has 0 saturated carbocycles. The van der Waals surface area contributed by atoms with Crippen molar-refractivity contribution in [1.29, 1.82) is 0 Å². The monoisotopic (exact) mass is 287 g/mol. The predicted molar refractivity (Wildman–Crippen MR) is 80.1 cm³/mol. The summed E-state index contributed by atoms with van der Waals surface area (Å²) < 4.78 is 0. The van der Waals surface area contributed by atoms with Crippen LogP contribution in [0.1, 0.15) is 0 Å². The van der Waals surface area contributed by atoms with Crippen LogP contribution >= 0.6 is 22.9 Å². The van der Waals surface area contributed by atoms with Crippen molar-refractivity contribution >= 4 is 33.9 Å². The Bertz CT molecular complexity index is 665. The molecule has 0 saturated heterocycles. The molecule has 2 aromatic heterocycles.